The number of amides is 1. The number of likely N-dealkylation sites (tertiary alicyclic amines) is 1. The molecule has 0 radical (unpaired) electrons. The van der Waals surface area contributed by atoms with Crippen LogP contribution in [0.3, 0.4) is 0 Å². The summed E-state index contributed by atoms with van der Waals surface area (Å²) in [7, 11) is 0. The summed E-state index contributed by atoms with van der Waals surface area (Å²) in [5.74, 6) is 0.0687. The molecule has 3 rings (SSSR count). The lowest BCUT2D eigenvalue weighted by molar-refractivity contribution is 0.0700. The highest BCUT2D eigenvalue weighted by atomic mass is 16.2. The van der Waals surface area contributed by atoms with Crippen LogP contribution in [0, 0.1) is 5.41 Å². The number of nitrogens with one attached hydrogen (secondary N) is 1. The van der Waals surface area contributed by atoms with Gasteiger partial charge in [0.05, 0.1) is 5.52 Å². The number of aromatic nitrogens is 2. The number of para-hydroxylation sites is 1. The summed E-state index contributed by atoms with van der Waals surface area (Å²) in [6.45, 7) is 7.55. The third-order valence-electron chi connectivity index (χ3n) is 4.16. The van der Waals surface area contributed by atoms with Crippen LogP contribution in [0.4, 0.5) is 0 Å². The average Bonchev–Trinajstić information content (AvgIpc) is 3.02. The van der Waals surface area contributed by atoms with Gasteiger partial charge in [-0.3, -0.25) is 9.89 Å². The minimum atomic E-state index is 0.0687. The van der Waals surface area contributed by atoms with Crippen LogP contribution >= 0.6 is 0 Å². The van der Waals surface area contributed by atoms with E-state index in [1.165, 1.54) is 0 Å². The summed E-state index contributed by atoms with van der Waals surface area (Å²) in [5, 5.41) is 8.13. The standard InChI is InChI=1S/C17H23N3O/c1-17(2,3)11-12-7-6-10-20(12)16(21)15-13-8-4-5-9-14(13)18-19-15/h4-5,8-9,12H,6-7,10-11H2,1-3H3,(H,18,19). The molecule has 112 valence electrons. The van der Waals surface area contributed by atoms with Crippen molar-refractivity contribution in [1.29, 1.82) is 0 Å². The molecule has 21 heavy (non-hydrogen) atoms. The SMILES string of the molecule is CC(C)(C)CC1CCCN1C(=O)c1n[nH]c2ccccc12. The average molecular weight is 285 g/mol. The van der Waals surface area contributed by atoms with Crippen LogP contribution in [0.2, 0.25) is 0 Å². The lowest BCUT2D eigenvalue weighted by Gasteiger charge is -2.30. The van der Waals surface area contributed by atoms with E-state index in [-0.39, 0.29) is 11.3 Å². The van der Waals surface area contributed by atoms with Gasteiger partial charge in [0, 0.05) is 18.0 Å². The molecule has 1 aromatic carbocycles. The van der Waals surface area contributed by atoms with E-state index in [1.807, 2.05) is 29.2 Å². The molecule has 4 heteroatoms. The maximum absolute atomic E-state index is 12.9. The topological polar surface area (TPSA) is 49.0 Å². The summed E-state index contributed by atoms with van der Waals surface area (Å²) in [4.78, 5) is 14.9. The molecule has 1 saturated heterocycles. The molecule has 0 bridgehead atoms. The van der Waals surface area contributed by atoms with E-state index in [2.05, 4.69) is 31.0 Å². The second-order valence-corrected chi connectivity index (χ2v) is 7.18. The predicted octanol–water partition coefficient (Wildman–Crippen LogP) is 3.60. The first-order valence-electron chi connectivity index (χ1n) is 7.70. The zero-order chi connectivity index (χ0) is 15.0. The second-order valence-electron chi connectivity index (χ2n) is 7.18. The number of hydrogen-bond acceptors (Lipinski definition) is 2. The number of aromatic amines is 1. The van der Waals surface area contributed by atoms with Crippen LogP contribution in [0.25, 0.3) is 10.9 Å². The molecule has 1 aromatic heterocycles. The van der Waals surface area contributed by atoms with Crippen molar-refractivity contribution in [1.82, 2.24) is 15.1 Å². The molecule has 0 spiro atoms. The Morgan fingerprint density at radius 3 is 2.90 bits per heavy atom. The third kappa shape index (κ3) is 2.80. The van der Waals surface area contributed by atoms with E-state index in [1.54, 1.807) is 0 Å². The highest BCUT2D eigenvalue weighted by Crippen LogP contribution is 2.31. The van der Waals surface area contributed by atoms with E-state index >= 15 is 0 Å². The Bertz CT molecular complexity index is 653. The number of carbonyl (C=O) groups is 1. The molecule has 2 aromatic rings. The Labute approximate surface area is 125 Å². The molecular weight excluding hydrogens is 262 g/mol. The van der Waals surface area contributed by atoms with Crippen LogP contribution in [-0.2, 0) is 0 Å². The smallest absolute Gasteiger partial charge is 0.275 e. The molecule has 1 amide bonds. The monoisotopic (exact) mass is 285 g/mol. The first-order valence-corrected chi connectivity index (χ1v) is 7.70. The highest BCUT2D eigenvalue weighted by Gasteiger charge is 2.33. The number of fused-ring (bicyclic) bond motifs is 1. The van der Waals surface area contributed by atoms with E-state index in [0.717, 1.165) is 36.7 Å². The first kappa shape index (κ1) is 14.1. The number of nitrogens with zero attached hydrogens (tertiary/aromatic N) is 2. The minimum Gasteiger partial charge on any atom is -0.334 e. The van der Waals surface area contributed by atoms with E-state index in [4.69, 9.17) is 0 Å². The van der Waals surface area contributed by atoms with Gasteiger partial charge in [-0.15, -0.1) is 0 Å². The van der Waals surface area contributed by atoms with Crippen molar-refractivity contribution in [2.45, 2.75) is 46.1 Å². The Balaban J connectivity index is 1.87. The van der Waals surface area contributed by atoms with E-state index < -0.39 is 0 Å². The minimum absolute atomic E-state index is 0.0687. The van der Waals surface area contributed by atoms with Gasteiger partial charge in [0.1, 0.15) is 0 Å². The van der Waals surface area contributed by atoms with Crippen LogP contribution in [-0.4, -0.2) is 33.6 Å². The molecule has 1 aliphatic heterocycles. The van der Waals surface area contributed by atoms with Crippen molar-refractivity contribution in [2.75, 3.05) is 6.54 Å². The Hall–Kier alpha value is -1.84. The Morgan fingerprint density at radius 1 is 1.38 bits per heavy atom. The fourth-order valence-corrected chi connectivity index (χ4v) is 3.28. The molecule has 0 saturated carbocycles. The van der Waals surface area contributed by atoms with Crippen molar-refractivity contribution >= 4 is 16.8 Å². The number of H-pyrrole nitrogens is 1. The number of benzene rings is 1. The maximum Gasteiger partial charge on any atom is 0.275 e. The van der Waals surface area contributed by atoms with Crippen molar-refractivity contribution in [3.05, 3.63) is 30.0 Å². The number of hydrogen-bond donors (Lipinski definition) is 1. The van der Waals surface area contributed by atoms with Gasteiger partial charge in [-0.1, -0.05) is 39.0 Å². The number of rotatable bonds is 2. The van der Waals surface area contributed by atoms with Gasteiger partial charge in [0.2, 0.25) is 0 Å². The quantitative estimate of drug-likeness (QED) is 0.916. The Kier molecular flexibility index (Phi) is 3.47. The van der Waals surface area contributed by atoms with Crippen molar-refractivity contribution < 1.29 is 4.79 Å². The zero-order valence-corrected chi connectivity index (χ0v) is 13.0. The first-order chi connectivity index (χ1) is 9.96. The number of carbonyl (C=O) groups excluding carboxylic acids is 1. The fourth-order valence-electron chi connectivity index (χ4n) is 3.28. The molecule has 4 nitrogen and oxygen atoms in total. The molecule has 1 atom stereocenters. The van der Waals surface area contributed by atoms with Crippen molar-refractivity contribution in [3.8, 4) is 0 Å². The van der Waals surface area contributed by atoms with Crippen molar-refractivity contribution in [2.24, 2.45) is 5.41 Å². The molecule has 0 aliphatic carbocycles. The highest BCUT2D eigenvalue weighted by molar-refractivity contribution is 6.04. The lowest BCUT2D eigenvalue weighted by Crippen LogP contribution is -2.38. The molecule has 1 unspecified atom stereocenters. The van der Waals surface area contributed by atoms with Gasteiger partial charge >= 0.3 is 0 Å². The molecule has 1 N–H and O–H groups in total. The maximum atomic E-state index is 12.9. The summed E-state index contributed by atoms with van der Waals surface area (Å²) in [6.07, 6.45) is 3.24. The summed E-state index contributed by atoms with van der Waals surface area (Å²) in [6, 6.07) is 8.16. The largest absolute Gasteiger partial charge is 0.334 e. The normalized spacial score (nSPS) is 19.4. The fraction of sp³-hybridized carbons (Fsp3) is 0.529. The molecule has 1 fully saturated rings. The van der Waals surface area contributed by atoms with Gasteiger partial charge in [-0.2, -0.15) is 5.10 Å². The van der Waals surface area contributed by atoms with Gasteiger partial charge in [-0.25, -0.2) is 0 Å². The van der Waals surface area contributed by atoms with Crippen LogP contribution < -0.4 is 0 Å². The zero-order valence-electron chi connectivity index (χ0n) is 13.0. The van der Waals surface area contributed by atoms with Crippen LogP contribution in [0.15, 0.2) is 24.3 Å². The molecule has 1 aliphatic rings. The summed E-state index contributed by atoms with van der Waals surface area (Å²) >= 11 is 0. The molecule has 2 heterocycles. The van der Waals surface area contributed by atoms with Gasteiger partial charge in [0.25, 0.3) is 5.91 Å². The second kappa shape index (κ2) is 5.17. The summed E-state index contributed by atoms with van der Waals surface area (Å²) in [5.41, 5.74) is 1.72. The molecular formula is C17H23N3O. The van der Waals surface area contributed by atoms with E-state index in [9.17, 15) is 4.79 Å². The Morgan fingerprint density at radius 2 is 2.14 bits per heavy atom. The van der Waals surface area contributed by atoms with Crippen molar-refractivity contribution in [3.63, 3.8) is 0 Å². The third-order valence-corrected chi connectivity index (χ3v) is 4.16. The predicted molar refractivity (Wildman–Crippen MR) is 84.2 cm³/mol. The summed E-state index contributed by atoms with van der Waals surface area (Å²) < 4.78 is 0. The van der Waals surface area contributed by atoms with Crippen LogP contribution in [0.5, 0.6) is 0 Å². The van der Waals surface area contributed by atoms with Gasteiger partial charge in [0.15, 0.2) is 5.69 Å². The lowest BCUT2D eigenvalue weighted by atomic mass is 9.87. The van der Waals surface area contributed by atoms with Gasteiger partial charge < -0.3 is 4.90 Å². The van der Waals surface area contributed by atoms with Crippen LogP contribution in [0.1, 0.15) is 50.5 Å². The van der Waals surface area contributed by atoms with Gasteiger partial charge in [-0.05, 0) is 30.7 Å². The van der Waals surface area contributed by atoms with E-state index in [0.29, 0.717) is 11.7 Å².